The molecule has 22 heavy (non-hydrogen) atoms. The zero-order valence-electron chi connectivity index (χ0n) is 12.8. The summed E-state index contributed by atoms with van der Waals surface area (Å²) in [7, 11) is -7.32. The number of aryl methyl sites for hydroxylation is 1. The van der Waals surface area contributed by atoms with Gasteiger partial charge in [0, 0.05) is 6.04 Å². The van der Waals surface area contributed by atoms with E-state index in [1.165, 1.54) is 12.1 Å². The Morgan fingerprint density at radius 3 is 2.27 bits per heavy atom. The molecule has 1 aromatic rings. The van der Waals surface area contributed by atoms with Crippen molar-refractivity contribution >= 4 is 31.9 Å². The number of rotatable bonds is 9. The fourth-order valence-corrected chi connectivity index (χ4v) is 3.83. The topological polar surface area (TPSA) is 89.5 Å². The lowest BCUT2D eigenvalue weighted by atomic mass is 10.2. The van der Waals surface area contributed by atoms with Crippen LogP contribution in [-0.4, -0.2) is 47.7 Å². The minimum absolute atomic E-state index is 0.145. The Hall–Kier alpha value is -0.610. The minimum atomic E-state index is -3.71. The van der Waals surface area contributed by atoms with Gasteiger partial charge in [0.2, 0.25) is 10.0 Å². The van der Waals surface area contributed by atoms with Crippen molar-refractivity contribution in [3.05, 3.63) is 29.8 Å². The molecule has 0 aliphatic rings. The van der Waals surface area contributed by atoms with E-state index >= 15 is 0 Å². The molecular formula is C13H21NO5S3. The molecule has 0 heterocycles. The number of thioether (sulfide) groups is 1. The Morgan fingerprint density at radius 1 is 1.18 bits per heavy atom. The van der Waals surface area contributed by atoms with Gasteiger partial charge in [-0.1, -0.05) is 17.7 Å². The van der Waals surface area contributed by atoms with Crippen LogP contribution in [0.15, 0.2) is 29.2 Å². The van der Waals surface area contributed by atoms with E-state index in [1.54, 1.807) is 23.9 Å². The molecule has 0 aliphatic heterocycles. The third-order valence-electron chi connectivity index (χ3n) is 2.81. The molecule has 1 rings (SSSR count). The number of nitrogens with one attached hydrogen (secondary N) is 1. The molecule has 0 spiro atoms. The van der Waals surface area contributed by atoms with Crippen molar-refractivity contribution in [2.75, 3.05) is 24.9 Å². The first kappa shape index (κ1) is 19.4. The molecule has 0 amide bonds. The van der Waals surface area contributed by atoms with E-state index in [-0.39, 0.29) is 11.5 Å². The first-order valence-electron chi connectivity index (χ1n) is 6.56. The van der Waals surface area contributed by atoms with Crippen LogP contribution in [0.5, 0.6) is 0 Å². The highest BCUT2D eigenvalue weighted by Gasteiger charge is 2.21. The van der Waals surface area contributed by atoms with E-state index in [1.807, 2.05) is 13.2 Å². The second kappa shape index (κ2) is 8.30. The normalized spacial score (nSPS) is 14.0. The highest BCUT2D eigenvalue weighted by atomic mass is 32.2. The van der Waals surface area contributed by atoms with Gasteiger partial charge in [-0.15, -0.1) is 0 Å². The molecule has 0 radical (unpaired) electrons. The van der Waals surface area contributed by atoms with E-state index in [0.717, 1.165) is 11.8 Å². The maximum absolute atomic E-state index is 12.3. The highest BCUT2D eigenvalue weighted by molar-refractivity contribution is 7.98. The molecule has 1 aromatic carbocycles. The van der Waals surface area contributed by atoms with E-state index < -0.39 is 26.2 Å². The Bertz CT molecular complexity index is 668. The second-order valence-corrected chi connectivity index (χ2v) is 9.24. The maximum atomic E-state index is 12.3. The average Bonchev–Trinajstić information content (AvgIpc) is 2.41. The van der Waals surface area contributed by atoms with Gasteiger partial charge in [0.15, 0.2) is 0 Å². The lowest BCUT2D eigenvalue weighted by Crippen LogP contribution is -2.39. The van der Waals surface area contributed by atoms with E-state index in [2.05, 4.69) is 4.72 Å². The van der Waals surface area contributed by atoms with Crippen LogP contribution in [0, 0.1) is 6.92 Å². The van der Waals surface area contributed by atoms with Gasteiger partial charge in [0.05, 0.1) is 17.8 Å². The van der Waals surface area contributed by atoms with Gasteiger partial charge in [0.25, 0.3) is 10.1 Å². The molecule has 0 fully saturated rings. The standard InChI is InChI=1S/C13H21NO5S3/c1-11-4-6-13(7-5-11)22(17,18)14-12(8-9-20-2)10-19-21(3,15)16/h4-7,12,14H,8-10H2,1-3H3/t12-/m0/s1. The molecule has 0 saturated carbocycles. The summed E-state index contributed by atoms with van der Waals surface area (Å²) in [6, 6.07) is 5.84. The van der Waals surface area contributed by atoms with Crippen LogP contribution in [-0.2, 0) is 24.3 Å². The summed E-state index contributed by atoms with van der Waals surface area (Å²) >= 11 is 1.55. The maximum Gasteiger partial charge on any atom is 0.264 e. The molecule has 1 N–H and O–H groups in total. The Morgan fingerprint density at radius 2 is 1.77 bits per heavy atom. The fraction of sp³-hybridized carbons (Fsp3) is 0.538. The molecule has 0 bridgehead atoms. The van der Waals surface area contributed by atoms with E-state index in [4.69, 9.17) is 4.18 Å². The van der Waals surface area contributed by atoms with Gasteiger partial charge in [-0.2, -0.15) is 20.2 Å². The molecule has 0 unspecified atom stereocenters. The highest BCUT2D eigenvalue weighted by Crippen LogP contribution is 2.12. The Labute approximate surface area is 136 Å². The molecule has 0 aliphatic carbocycles. The van der Waals surface area contributed by atoms with Crippen LogP contribution in [0.4, 0.5) is 0 Å². The second-order valence-electron chi connectivity index (χ2n) is 4.90. The lowest BCUT2D eigenvalue weighted by Gasteiger charge is -2.18. The van der Waals surface area contributed by atoms with Crippen molar-refractivity contribution in [3.63, 3.8) is 0 Å². The number of hydrogen-bond acceptors (Lipinski definition) is 6. The summed E-state index contributed by atoms with van der Waals surface area (Å²) in [5.74, 6) is 0.689. The van der Waals surface area contributed by atoms with Crippen LogP contribution < -0.4 is 4.72 Å². The summed E-state index contributed by atoms with van der Waals surface area (Å²) < 4.78 is 54.0. The van der Waals surface area contributed by atoms with Crippen molar-refractivity contribution in [1.29, 1.82) is 0 Å². The fourth-order valence-electron chi connectivity index (χ4n) is 1.65. The SMILES string of the molecule is CSCC[C@@H](COS(C)(=O)=O)NS(=O)(=O)c1ccc(C)cc1. The van der Waals surface area contributed by atoms with Crippen molar-refractivity contribution in [1.82, 2.24) is 4.72 Å². The third kappa shape index (κ3) is 7.10. The zero-order chi connectivity index (χ0) is 16.8. The number of benzene rings is 1. The Kier molecular flexibility index (Phi) is 7.33. The largest absolute Gasteiger partial charge is 0.269 e. The first-order chi connectivity index (χ1) is 10.1. The van der Waals surface area contributed by atoms with Gasteiger partial charge in [-0.3, -0.25) is 4.18 Å². The summed E-state index contributed by atoms with van der Waals surface area (Å²) in [4.78, 5) is 0.145. The zero-order valence-corrected chi connectivity index (χ0v) is 15.2. The molecular weight excluding hydrogens is 346 g/mol. The minimum Gasteiger partial charge on any atom is -0.269 e. The smallest absolute Gasteiger partial charge is 0.264 e. The summed E-state index contributed by atoms with van der Waals surface area (Å²) in [5.41, 5.74) is 0.957. The van der Waals surface area contributed by atoms with Gasteiger partial charge in [0.1, 0.15) is 0 Å². The van der Waals surface area contributed by atoms with Crippen LogP contribution in [0.25, 0.3) is 0 Å². The van der Waals surface area contributed by atoms with Crippen molar-refractivity contribution in [2.45, 2.75) is 24.3 Å². The molecule has 1 atom stereocenters. The lowest BCUT2D eigenvalue weighted by molar-refractivity contribution is 0.282. The van der Waals surface area contributed by atoms with Gasteiger partial charge in [-0.25, -0.2) is 13.1 Å². The number of hydrogen-bond donors (Lipinski definition) is 1. The average molecular weight is 368 g/mol. The van der Waals surface area contributed by atoms with E-state index in [0.29, 0.717) is 12.2 Å². The molecule has 6 nitrogen and oxygen atoms in total. The van der Waals surface area contributed by atoms with Gasteiger partial charge < -0.3 is 0 Å². The predicted molar refractivity (Wildman–Crippen MR) is 89.1 cm³/mol. The van der Waals surface area contributed by atoms with Crippen LogP contribution >= 0.6 is 11.8 Å². The predicted octanol–water partition coefficient (Wildman–Crippen LogP) is 1.37. The Balaban J connectivity index is 2.84. The first-order valence-corrected chi connectivity index (χ1v) is 11.3. The summed E-state index contributed by atoms with van der Waals surface area (Å²) in [6.45, 7) is 1.65. The van der Waals surface area contributed by atoms with E-state index in [9.17, 15) is 16.8 Å². The van der Waals surface area contributed by atoms with Gasteiger partial charge in [-0.05, 0) is 37.5 Å². The van der Waals surface area contributed by atoms with Crippen molar-refractivity contribution in [2.24, 2.45) is 0 Å². The van der Waals surface area contributed by atoms with Crippen molar-refractivity contribution in [3.8, 4) is 0 Å². The molecule has 0 saturated heterocycles. The molecule has 0 aromatic heterocycles. The van der Waals surface area contributed by atoms with Crippen molar-refractivity contribution < 1.29 is 21.0 Å². The molecule has 9 heteroatoms. The van der Waals surface area contributed by atoms with Crippen LogP contribution in [0.3, 0.4) is 0 Å². The summed E-state index contributed by atoms with van der Waals surface area (Å²) in [6.07, 6.45) is 3.30. The van der Waals surface area contributed by atoms with Crippen LogP contribution in [0.2, 0.25) is 0 Å². The van der Waals surface area contributed by atoms with Crippen LogP contribution in [0.1, 0.15) is 12.0 Å². The molecule has 126 valence electrons. The number of sulfonamides is 1. The monoisotopic (exact) mass is 367 g/mol. The van der Waals surface area contributed by atoms with Gasteiger partial charge >= 0.3 is 0 Å². The quantitative estimate of drug-likeness (QED) is 0.663. The third-order valence-corrected chi connectivity index (χ3v) is 5.55. The summed E-state index contributed by atoms with van der Waals surface area (Å²) in [5, 5.41) is 0.